The van der Waals surface area contributed by atoms with Gasteiger partial charge in [0, 0.05) is 11.6 Å². The first-order valence-electron chi connectivity index (χ1n) is 8.31. The number of ether oxygens (including phenoxy) is 2. The average molecular weight is 371 g/mol. The second kappa shape index (κ2) is 7.98. The normalized spacial score (nSPS) is 10.8. The van der Waals surface area contributed by atoms with Gasteiger partial charge in [0.25, 0.3) is 0 Å². The van der Waals surface area contributed by atoms with Crippen LogP contribution in [0.4, 0.5) is 5.82 Å². The number of nitrogens with zero attached hydrogens (tertiary/aromatic N) is 4. The van der Waals surface area contributed by atoms with Gasteiger partial charge in [-0.15, -0.1) is 0 Å². The fourth-order valence-electron chi connectivity index (χ4n) is 2.74. The highest BCUT2D eigenvalue weighted by molar-refractivity contribution is 5.92. The molecule has 0 bridgehead atoms. The standard InChI is InChI=1S/C21H17N5O2/c1-27-17-9-8-14(19(11-17)28-2)10-15(12-22)20-18(13-23)21(24)26(25-20)16-6-4-3-5-7-16/h3-11H,24H2,1-2H3/b15-10+. The maximum Gasteiger partial charge on any atom is 0.145 e. The zero-order valence-electron chi connectivity index (χ0n) is 15.4. The van der Waals surface area contributed by atoms with Gasteiger partial charge in [0.05, 0.1) is 25.5 Å². The topological polar surface area (TPSA) is 110 Å². The smallest absolute Gasteiger partial charge is 0.145 e. The summed E-state index contributed by atoms with van der Waals surface area (Å²) in [5, 5.41) is 23.7. The minimum absolute atomic E-state index is 0.143. The van der Waals surface area contributed by atoms with Crippen molar-refractivity contribution in [3.05, 3.63) is 65.4 Å². The lowest BCUT2D eigenvalue weighted by molar-refractivity contribution is 0.394. The maximum absolute atomic E-state index is 9.71. The molecule has 0 aliphatic heterocycles. The third-order valence-corrected chi connectivity index (χ3v) is 4.15. The summed E-state index contributed by atoms with van der Waals surface area (Å²) in [6.45, 7) is 0. The van der Waals surface area contributed by atoms with Crippen molar-refractivity contribution in [2.75, 3.05) is 20.0 Å². The summed E-state index contributed by atoms with van der Waals surface area (Å²) in [7, 11) is 3.09. The van der Waals surface area contributed by atoms with Crippen molar-refractivity contribution in [1.29, 1.82) is 10.5 Å². The number of nitrogen functional groups attached to an aromatic ring is 1. The van der Waals surface area contributed by atoms with E-state index >= 15 is 0 Å². The van der Waals surface area contributed by atoms with Crippen LogP contribution in [0.15, 0.2) is 48.5 Å². The predicted octanol–water partition coefficient (Wildman–Crippen LogP) is 3.41. The number of rotatable bonds is 5. The van der Waals surface area contributed by atoms with Crippen LogP contribution in [0, 0.1) is 22.7 Å². The number of para-hydroxylation sites is 1. The molecule has 1 aromatic heterocycles. The van der Waals surface area contributed by atoms with Gasteiger partial charge >= 0.3 is 0 Å². The van der Waals surface area contributed by atoms with Gasteiger partial charge in [-0.25, -0.2) is 4.68 Å². The van der Waals surface area contributed by atoms with Crippen LogP contribution in [0.5, 0.6) is 11.5 Å². The number of hydrogen-bond donors (Lipinski definition) is 1. The largest absolute Gasteiger partial charge is 0.497 e. The van der Waals surface area contributed by atoms with Gasteiger partial charge in [0.15, 0.2) is 0 Å². The molecule has 3 rings (SSSR count). The summed E-state index contributed by atoms with van der Waals surface area (Å²) in [5.74, 6) is 1.33. The third-order valence-electron chi connectivity index (χ3n) is 4.15. The SMILES string of the molecule is COc1ccc(/C=C(\C#N)c2nn(-c3ccccc3)c(N)c2C#N)c(OC)c1. The molecule has 1 heterocycles. The van der Waals surface area contributed by atoms with Gasteiger partial charge < -0.3 is 15.2 Å². The zero-order chi connectivity index (χ0) is 20.1. The number of benzene rings is 2. The molecule has 0 amide bonds. The number of anilines is 1. The molecule has 0 saturated carbocycles. The molecule has 138 valence electrons. The van der Waals surface area contributed by atoms with Crippen molar-refractivity contribution in [1.82, 2.24) is 9.78 Å². The first kappa shape index (κ1) is 18.6. The van der Waals surface area contributed by atoms with Gasteiger partial charge in [-0.2, -0.15) is 15.6 Å². The van der Waals surface area contributed by atoms with Crippen molar-refractivity contribution in [3.8, 4) is 29.3 Å². The second-order valence-electron chi connectivity index (χ2n) is 5.75. The van der Waals surface area contributed by atoms with E-state index in [1.165, 1.54) is 11.8 Å². The van der Waals surface area contributed by atoms with Crippen molar-refractivity contribution >= 4 is 17.5 Å². The molecule has 3 aromatic rings. The van der Waals surface area contributed by atoms with Crippen LogP contribution in [0.1, 0.15) is 16.8 Å². The summed E-state index contributed by atoms with van der Waals surface area (Å²) < 4.78 is 12.0. The molecule has 2 N–H and O–H groups in total. The highest BCUT2D eigenvalue weighted by Crippen LogP contribution is 2.31. The number of nitrogens with two attached hydrogens (primary N) is 1. The van der Waals surface area contributed by atoms with Crippen molar-refractivity contribution in [2.24, 2.45) is 0 Å². The lowest BCUT2D eigenvalue weighted by Gasteiger charge is -2.07. The molecular weight excluding hydrogens is 354 g/mol. The summed E-state index contributed by atoms with van der Waals surface area (Å²) >= 11 is 0. The van der Waals surface area contributed by atoms with E-state index in [9.17, 15) is 10.5 Å². The Morgan fingerprint density at radius 2 is 1.86 bits per heavy atom. The Hall–Kier alpha value is -4.23. The zero-order valence-corrected chi connectivity index (χ0v) is 15.4. The lowest BCUT2D eigenvalue weighted by atomic mass is 10.1. The Labute approximate surface area is 162 Å². The fourth-order valence-corrected chi connectivity index (χ4v) is 2.74. The summed E-state index contributed by atoms with van der Waals surface area (Å²) in [6.07, 6.45) is 1.61. The number of hydrogen-bond acceptors (Lipinski definition) is 6. The fraction of sp³-hybridized carbons (Fsp3) is 0.0952. The van der Waals surface area contributed by atoms with Gasteiger partial charge in [0.2, 0.25) is 0 Å². The van der Waals surface area contributed by atoms with Gasteiger partial charge in [-0.3, -0.25) is 0 Å². The molecule has 0 spiro atoms. The quantitative estimate of drug-likeness (QED) is 0.688. The molecule has 0 aliphatic rings. The van der Waals surface area contributed by atoms with Crippen LogP contribution in [0.25, 0.3) is 17.3 Å². The Kier molecular flexibility index (Phi) is 5.29. The number of aromatic nitrogens is 2. The number of allylic oxidation sites excluding steroid dienone is 1. The van der Waals surface area contributed by atoms with Gasteiger partial charge in [-0.05, 0) is 30.3 Å². The predicted molar refractivity (Wildman–Crippen MR) is 106 cm³/mol. The molecule has 2 aromatic carbocycles. The van der Waals surface area contributed by atoms with E-state index in [0.29, 0.717) is 22.7 Å². The first-order chi connectivity index (χ1) is 13.6. The first-order valence-corrected chi connectivity index (χ1v) is 8.31. The van der Waals surface area contributed by atoms with Crippen LogP contribution in [0.3, 0.4) is 0 Å². The second-order valence-corrected chi connectivity index (χ2v) is 5.75. The van der Waals surface area contributed by atoms with E-state index in [1.54, 1.807) is 31.4 Å². The van der Waals surface area contributed by atoms with Crippen LogP contribution < -0.4 is 15.2 Å². The Bertz CT molecular complexity index is 1120. The lowest BCUT2D eigenvalue weighted by Crippen LogP contribution is -2.02. The van der Waals surface area contributed by atoms with E-state index < -0.39 is 0 Å². The molecular formula is C21H17N5O2. The molecule has 0 aliphatic carbocycles. The van der Waals surface area contributed by atoms with Crippen LogP contribution in [-0.2, 0) is 0 Å². The highest BCUT2D eigenvalue weighted by atomic mass is 16.5. The molecule has 0 unspecified atom stereocenters. The van der Waals surface area contributed by atoms with E-state index in [-0.39, 0.29) is 22.6 Å². The average Bonchev–Trinajstić information content (AvgIpc) is 3.08. The van der Waals surface area contributed by atoms with Crippen LogP contribution in [-0.4, -0.2) is 24.0 Å². The summed E-state index contributed by atoms with van der Waals surface area (Å²) in [6, 6.07) is 18.6. The minimum Gasteiger partial charge on any atom is -0.497 e. The Balaban J connectivity index is 2.15. The van der Waals surface area contributed by atoms with Crippen LogP contribution in [0.2, 0.25) is 0 Å². The monoisotopic (exact) mass is 371 g/mol. The van der Waals surface area contributed by atoms with E-state index in [2.05, 4.69) is 11.2 Å². The Morgan fingerprint density at radius 3 is 2.46 bits per heavy atom. The maximum atomic E-state index is 9.71. The molecule has 0 radical (unpaired) electrons. The molecule has 7 heteroatoms. The van der Waals surface area contributed by atoms with E-state index in [1.807, 2.05) is 36.4 Å². The van der Waals surface area contributed by atoms with E-state index in [4.69, 9.17) is 15.2 Å². The van der Waals surface area contributed by atoms with Crippen molar-refractivity contribution in [3.63, 3.8) is 0 Å². The van der Waals surface area contributed by atoms with E-state index in [0.717, 1.165) is 0 Å². The summed E-state index contributed by atoms with van der Waals surface area (Å²) in [5.41, 5.74) is 8.02. The molecule has 28 heavy (non-hydrogen) atoms. The van der Waals surface area contributed by atoms with Crippen molar-refractivity contribution in [2.45, 2.75) is 0 Å². The molecule has 0 fully saturated rings. The van der Waals surface area contributed by atoms with Gasteiger partial charge in [0.1, 0.15) is 40.7 Å². The molecule has 0 saturated heterocycles. The highest BCUT2D eigenvalue weighted by Gasteiger charge is 2.20. The molecule has 7 nitrogen and oxygen atoms in total. The minimum atomic E-state index is 0.143. The van der Waals surface area contributed by atoms with Crippen LogP contribution >= 0.6 is 0 Å². The number of methoxy groups -OCH3 is 2. The molecule has 0 atom stereocenters. The third kappa shape index (κ3) is 3.37. The van der Waals surface area contributed by atoms with Crippen molar-refractivity contribution < 1.29 is 9.47 Å². The summed E-state index contributed by atoms with van der Waals surface area (Å²) in [4.78, 5) is 0. The number of nitriles is 2. The van der Waals surface area contributed by atoms with Gasteiger partial charge in [-0.1, -0.05) is 18.2 Å². The Morgan fingerprint density at radius 1 is 1.11 bits per heavy atom.